The first-order valence-electron chi connectivity index (χ1n) is 4.64. The van der Waals surface area contributed by atoms with E-state index in [0.29, 0.717) is 5.82 Å². The van der Waals surface area contributed by atoms with Crippen LogP contribution in [0.1, 0.15) is 18.7 Å². The van der Waals surface area contributed by atoms with Gasteiger partial charge in [0.1, 0.15) is 11.6 Å². The van der Waals surface area contributed by atoms with Crippen LogP contribution in [0.4, 0.5) is 5.82 Å². The van der Waals surface area contributed by atoms with E-state index in [-0.39, 0.29) is 6.10 Å². The zero-order valence-corrected chi connectivity index (χ0v) is 9.90. The van der Waals surface area contributed by atoms with Gasteiger partial charge in [-0.15, -0.1) is 0 Å². The summed E-state index contributed by atoms with van der Waals surface area (Å²) in [5.74, 6) is 1.35. The normalized spacial score (nSPS) is 21.4. The third-order valence-corrected chi connectivity index (χ3v) is 3.09. The second-order valence-corrected chi connectivity index (χ2v) is 4.52. The van der Waals surface area contributed by atoms with Crippen molar-refractivity contribution in [3.8, 4) is 0 Å². The second-order valence-electron chi connectivity index (χ2n) is 3.36. The van der Waals surface area contributed by atoms with E-state index in [1.807, 2.05) is 0 Å². The Morgan fingerprint density at radius 3 is 3.14 bits per heavy atom. The number of nitrogens with zero attached hydrogens (tertiary/aromatic N) is 2. The third-order valence-electron chi connectivity index (χ3n) is 2.26. The fourth-order valence-corrected chi connectivity index (χ4v) is 1.79. The number of ether oxygens (including phenoxy) is 1. The zero-order valence-electron chi connectivity index (χ0n) is 7.74. The molecule has 2 heterocycles. The van der Waals surface area contributed by atoms with E-state index in [2.05, 4.69) is 32.6 Å². The molecule has 76 valence electrons. The quantitative estimate of drug-likeness (QED) is 0.839. The van der Waals surface area contributed by atoms with Gasteiger partial charge in [-0.2, -0.15) is 0 Å². The summed E-state index contributed by atoms with van der Waals surface area (Å²) in [7, 11) is 0. The summed E-state index contributed by atoms with van der Waals surface area (Å²) in [5, 5.41) is 0. The minimum absolute atomic E-state index is 0.287. The van der Waals surface area contributed by atoms with E-state index in [0.717, 1.165) is 35.3 Å². The van der Waals surface area contributed by atoms with E-state index < -0.39 is 0 Å². The van der Waals surface area contributed by atoms with Gasteiger partial charge < -0.3 is 10.5 Å². The minimum atomic E-state index is 0.287. The van der Waals surface area contributed by atoms with Gasteiger partial charge in [0.15, 0.2) is 0 Å². The number of anilines is 1. The molecule has 0 spiro atoms. The molecule has 1 fully saturated rings. The summed E-state index contributed by atoms with van der Waals surface area (Å²) in [4.78, 5) is 8.44. The lowest BCUT2D eigenvalue weighted by Gasteiger charge is -2.08. The molecule has 1 atom stereocenters. The Balaban J connectivity index is 2.05. The van der Waals surface area contributed by atoms with Crippen LogP contribution in [0.25, 0.3) is 0 Å². The molecule has 2 N–H and O–H groups in total. The number of aromatic nitrogens is 2. The Morgan fingerprint density at radius 2 is 2.50 bits per heavy atom. The van der Waals surface area contributed by atoms with Crippen LogP contribution in [0, 0.1) is 3.57 Å². The van der Waals surface area contributed by atoms with Crippen molar-refractivity contribution in [2.45, 2.75) is 25.4 Å². The van der Waals surface area contributed by atoms with Crippen LogP contribution < -0.4 is 5.73 Å². The standard InChI is InChI=1S/C9H12IN3O/c10-7-5-12-8(13-9(7)11)4-6-2-1-3-14-6/h5-6H,1-4H2,(H2,11,12,13). The number of nitrogens with two attached hydrogens (primary N) is 1. The predicted octanol–water partition coefficient (Wildman–Crippen LogP) is 1.38. The Morgan fingerprint density at radius 1 is 1.64 bits per heavy atom. The van der Waals surface area contributed by atoms with Crippen LogP contribution >= 0.6 is 22.6 Å². The smallest absolute Gasteiger partial charge is 0.140 e. The molecule has 0 radical (unpaired) electrons. The monoisotopic (exact) mass is 305 g/mol. The van der Waals surface area contributed by atoms with Gasteiger partial charge in [-0.1, -0.05) is 0 Å². The average molecular weight is 305 g/mol. The maximum absolute atomic E-state index is 5.70. The van der Waals surface area contributed by atoms with Crippen LogP contribution in [0.3, 0.4) is 0 Å². The molecule has 5 heteroatoms. The largest absolute Gasteiger partial charge is 0.383 e. The van der Waals surface area contributed by atoms with Gasteiger partial charge in [0, 0.05) is 19.2 Å². The molecule has 0 aromatic carbocycles. The first kappa shape index (κ1) is 10.1. The molecular weight excluding hydrogens is 293 g/mol. The number of hydrogen-bond acceptors (Lipinski definition) is 4. The predicted molar refractivity (Wildman–Crippen MR) is 61.8 cm³/mol. The van der Waals surface area contributed by atoms with E-state index in [1.165, 1.54) is 0 Å². The molecule has 0 bridgehead atoms. The molecule has 1 aliphatic heterocycles. The number of halogens is 1. The van der Waals surface area contributed by atoms with Crippen LogP contribution in [0.2, 0.25) is 0 Å². The molecule has 1 aliphatic rings. The van der Waals surface area contributed by atoms with E-state index >= 15 is 0 Å². The van der Waals surface area contributed by atoms with Gasteiger partial charge >= 0.3 is 0 Å². The van der Waals surface area contributed by atoms with Crippen LogP contribution in [-0.4, -0.2) is 22.7 Å². The molecule has 1 saturated heterocycles. The minimum Gasteiger partial charge on any atom is -0.383 e. The molecule has 14 heavy (non-hydrogen) atoms. The van der Waals surface area contributed by atoms with E-state index in [4.69, 9.17) is 10.5 Å². The third kappa shape index (κ3) is 2.33. The van der Waals surface area contributed by atoms with Crippen LogP contribution in [0.5, 0.6) is 0 Å². The van der Waals surface area contributed by atoms with Crippen molar-refractivity contribution in [3.63, 3.8) is 0 Å². The highest BCUT2D eigenvalue weighted by Gasteiger charge is 2.17. The van der Waals surface area contributed by atoms with Crippen LogP contribution in [0.15, 0.2) is 6.20 Å². The molecule has 2 rings (SSSR count). The zero-order chi connectivity index (χ0) is 9.97. The lowest BCUT2D eigenvalue weighted by Crippen LogP contribution is -2.12. The van der Waals surface area contributed by atoms with Crippen molar-refractivity contribution < 1.29 is 4.74 Å². The first-order chi connectivity index (χ1) is 6.75. The molecule has 0 aliphatic carbocycles. The fraction of sp³-hybridized carbons (Fsp3) is 0.556. The van der Waals surface area contributed by atoms with E-state index in [1.54, 1.807) is 6.20 Å². The van der Waals surface area contributed by atoms with Gasteiger partial charge in [-0.05, 0) is 35.4 Å². The van der Waals surface area contributed by atoms with Gasteiger partial charge in [0.2, 0.25) is 0 Å². The highest BCUT2D eigenvalue weighted by molar-refractivity contribution is 14.1. The second kappa shape index (κ2) is 4.39. The molecule has 1 aromatic heterocycles. The topological polar surface area (TPSA) is 61.0 Å². The number of nitrogen functional groups attached to an aromatic ring is 1. The van der Waals surface area contributed by atoms with Crippen molar-refractivity contribution in [1.82, 2.24) is 9.97 Å². The van der Waals surface area contributed by atoms with Crippen molar-refractivity contribution in [2.75, 3.05) is 12.3 Å². The van der Waals surface area contributed by atoms with Crippen molar-refractivity contribution in [1.29, 1.82) is 0 Å². The van der Waals surface area contributed by atoms with Crippen molar-refractivity contribution in [3.05, 3.63) is 15.6 Å². The summed E-state index contributed by atoms with van der Waals surface area (Å²) in [6.45, 7) is 0.866. The maximum atomic E-state index is 5.70. The molecule has 1 aromatic rings. The SMILES string of the molecule is Nc1nc(CC2CCCO2)ncc1I. The number of hydrogen-bond donors (Lipinski definition) is 1. The van der Waals surface area contributed by atoms with Gasteiger partial charge in [-0.25, -0.2) is 9.97 Å². The fourth-order valence-electron chi connectivity index (χ4n) is 1.53. The summed E-state index contributed by atoms with van der Waals surface area (Å²) < 4.78 is 6.41. The molecule has 4 nitrogen and oxygen atoms in total. The van der Waals surface area contributed by atoms with Gasteiger partial charge in [-0.3, -0.25) is 0 Å². The lowest BCUT2D eigenvalue weighted by atomic mass is 10.2. The summed E-state index contributed by atoms with van der Waals surface area (Å²) in [5.41, 5.74) is 5.70. The first-order valence-corrected chi connectivity index (χ1v) is 5.72. The van der Waals surface area contributed by atoms with Gasteiger partial charge in [0.05, 0.1) is 9.67 Å². The average Bonchev–Trinajstić information content (AvgIpc) is 2.64. The maximum Gasteiger partial charge on any atom is 0.140 e. The Hall–Kier alpha value is -0.430. The Kier molecular flexibility index (Phi) is 3.17. The van der Waals surface area contributed by atoms with Crippen molar-refractivity contribution in [2.24, 2.45) is 0 Å². The molecule has 0 amide bonds. The van der Waals surface area contributed by atoms with Gasteiger partial charge in [0.25, 0.3) is 0 Å². The Bertz CT molecular complexity index is 326. The highest BCUT2D eigenvalue weighted by atomic mass is 127. The summed E-state index contributed by atoms with van der Waals surface area (Å²) in [6.07, 6.45) is 5.07. The van der Waals surface area contributed by atoms with Crippen molar-refractivity contribution >= 4 is 28.4 Å². The highest BCUT2D eigenvalue weighted by Crippen LogP contribution is 2.17. The number of rotatable bonds is 2. The Labute approximate surface area is 96.4 Å². The molecule has 1 unspecified atom stereocenters. The molecule has 0 saturated carbocycles. The summed E-state index contributed by atoms with van der Waals surface area (Å²) >= 11 is 2.12. The lowest BCUT2D eigenvalue weighted by molar-refractivity contribution is 0.110. The summed E-state index contributed by atoms with van der Waals surface area (Å²) in [6, 6.07) is 0. The van der Waals surface area contributed by atoms with Crippen LogP contribution in [-0.2, 0) is 11.2 Å². The van der Waals surface area contributed by atoms with E-state index in [9.17, 15) is 0 Å². The molecular formula is C9H12IN3O.